The van der Waals surface area contributed by atoms with Crippen molar-refractivity contribution in [2.75, 3.05) is 0 Å². The Labute approximate surface area is 136 Å². The lowest BCUT2D eigenvalue weighted by Gasteiger charge is -2.53. The molecule has 0 aromatic rings. The van der Waals surface area contributed by atoms with Gasteiger partial charge in [0.25, 0.3) is 0 Å². The summed E-state index contributed by atoms with van der Waals surface area (Å²) in [6.07, 6.45) is 5.94. The third-order valence-corrected chi connectivity index (χ3v) is 7.33. The molecule has 0 aromatic heterocycles. The third kappa shape index (κ3) is 1.73. The summed E-state index contributed by atoms with van der Waals surface area (Å²) in [5, 5.41) is 11.4. The first-order chi connectivity index (χ1) is 10.8. The molecular formula is C19H24O4. The van der Waals surface area contributed by atoms with Crippen LogP contribution < -0.4 is 0 Å². The molecule has 0 aromatic carbocycles. The van der Waals surface area contributed by atoms with E-state index in [1.165, 1.54) is 0 Å². The van der Waals surface area contributed by atoms with Gasteiger partial charge in [0.2, 0.25) is 0 Å². The maximum absolute atomic E-state index is 12.8. The van der Waals surface area contributed by atoms with Crippen LogP contribution in [0.2, 0.25) is 0 Å². The molecule has 1 N–H and O–H groups in total. The molecule has 23 heavy (non-hydrogen) atoms. The highest BCUT2D eigenvalue weighted by molar-refractivity contribution is 6.10. The van der Waals surface area contributed by atoms with Gasteiger partial charge in [-0.1, -0.05) is 13.0 Å². The number of hydrogen-bond donors (Lipinski definition) is 1. The molecule has 0 radical (unpaired) electrons. The Balaban J connectivity index is 1.79. The molecule has 3 saturated carbocycles. The Morgan fingerprint density at radius 1 is 1.17 bits per heavy atom. The lowest BCUT2D eigenvalue weighted by molar-refractivity contribution is -0.158. The highest BCUT2D eigenvalue weighted by Gasteiger charge is 2.62. The quantitative estimate of drug-likeness (QED) is 0.549. The van der Waals surface area contributed by atoms with E-state index in [2.05, 4.69) is 0 Å². The molecule has 2 unspecified atom stereocenters. The molecule has 4 rings (SSSR count). The Morgan fingerprint density at radius 3 is 2.65 bits per heavy atom. The summed E-state index contributed by atoms with van der Waals surface area (Å²) in [6, 6.07) is 0. The summed E-state index contributed by atoms with van der Waals surface area (Å²) in [6.45, 7) is 3.67. The Kier molecular flexibility index (Phi) is 3.07. The molecule has 124 valence electrons. The zero-order valence-electron chi connectivity index (χ0n) is 13.8. The average molecular weight is 316 g/mol. The fraction of sp³-hybridized carbons (Fsp3) is 0.737. The summed E-state index contributed by atoms with van der Waals surface area (Å²) in [5.41, 5.74) is -0.963. The Morgan fingerprint density at radius 2 is 1.91 bits per heavy atom. The standard InChI is InChI=1S/C19H24O4/c1-10-15(20)9-11-3-4-12-13-5-6-16(21)18(13,2)8-7-14(12)19(11,23)17(10)22/h7,10-13,23H,3-6,8-9H2,1-2H3/t10?,11?,12-,13-,18-,19-/m0/s1. The van der Waals surface area contributed by atoms with Gasteiger partial charge < -0.3 is 5.11 Å². The van der Waals surface area contributed by atoms with Crippen molar-refractivity contribution in [3.05, 3.63) is 11.6 Å². The molecule has 4 nitrogen and oxygen atoms in total. The van der Waals surface area contributed by atoms with Gasteiger partial charge in [0.1, 0.15) is 17.2 Å². The molecule has 6 atom stereocenters. The number of ketones is 3. The van der Waals surface area contributed by atoms with Gasteiger partial charge in [0, 0.05) is 24.2 Å². The predicted octanol–water partition coefficient (Wildman–Crippen LogP) is 2.24. The van der Waals surface area contributed by atoms with Crippen molar-refractivity contribution in [2.24, 2.45) is 29.1 Å². The minimum Gasteiger partial charge on any atom is -0.377 e. The molecule has 0 amide bonds. The zero-order chi connectivity index (χ0) is 16.6. The molecule has 0 aliphatic heterocycles. The van der Waals surface area contributed by atoms with Crippen LogP contribution >= 0.6 is 0 Å². The smallest absolute Gasteiger partial charge is 0.179 e. The van der Waals surface area contributed by atoms with Crippen molar-refractivity contribution in [3.8, 4) is 0 Å². The van der Waals surface area contributed by atoms with Crippen molar-refractivity contribution in [1.82, 2.24) is 0 Å². The molecule has 3 fully saturated rings. The molecular weight excluding hydrogens is 292 g/mol. The van der Waals surface area contributed by atoms with Gasteiger partial charge in [-0.05, 0) is 50.0 Å². The number of carbonyl (C=O) groups excluding carboxylic acids is 3. The fourth-order valence-corrected chi connectivity index (χ4v) is 5.81. The fourth-order valence-electron chi connectivity index (χ4n) is 5.81. The van der Waals surface area contributed by atoms with Crippen LogP contribution in [-0.2, 0) is 14.4 Å². The minimum absolute atomic E-state index is 0.0413. The maximum atomic E-state index is 12.8. The van der Waals surface area contributed by atoms with Crippen LogP contribution in [0.5, 0.6) is 0 Å². The van der Waals surface area contributed by atoms with E-state index in [9.17, 15) is 19.5 Å². The van der Waals surface area contributed by atoms with Gasteiger partial charge in [-0.3, -0.25) is 14.4 Å². The summed E-state index contributed by atoms with van der Waals surface area (Å²) >= 11 is 0. The van der Waals surface area contributed by atoms with Crippen LogP contribution in [0.25, 0.3) is 0 Å². The van der Waals surface area contributed by atoms with Crippen LogP contribution in [0.1, 0.15) is 52.4 Å². The monoisotopic (exact) mass is 316 g/mol. The lowest BCUT2D eigenvalue weighted by atomic mass is 9.52. The van der Waals surface area contributed by atoms with Crippen LogP contribution in [0.3, 0.4) is 0 Å². The van der Waals surface area contributed by atoms with E-state index in [1.54, 1.807) is 6.92 Å². The Bertz CT molecular complexity index is 648. The third-order valence-electron chi connectivity index (χ3n) is 7.33. The van der Waals surface area contributed by atoms with Crippen molar-refractivity contribution < 1.29 is 19.5 Å². The molecule has 4 aliphatic carbocycles. The van der Waals surface area contributed by atoms with Crippen LogP contribution in [0.15, 0.2) is 11.6 Å². The molecule has 0 bridgehead atoms. The second-order valence-electron chi connectivity index (χ2n) is 8.25. The predicted molar refractivity (Wildman–Crippen MR) is 83.5 cm³/mol. The van der Waals surface area contributed by atoms with Crippen LogP contribution in [0, 0.1) is 29.1 Å². The number of carbonyl (C=O) groups is 3. The van der Waals surface area contributed by atoms with E-state index in [0.29, 0.717) is 31.5 Å². The Hall–Kier alpha value is -1.29. The van der Waals surface area contributed by atoms with E-state index in [0.717, 1.165) is 18.4 Å². The van der Waals surface area contributed by atoms with Crippen molar-refractivity contribution in [3.63, 3.8) is 0 Å². The first kappa shape index (κ1) is 15.3. The largest absolute Gasteiger partial charge is 0.377 e. The van der Waals surface area contributed by atoms with Gasteiger partial charge in [0.05, 0.1) is 5.92 Å². The summed E-state index contributed by atoms with van der Waals surface area (Å²) in [7, 11) is 0. The summed E-state index contributed by atoms with van der Waals surface area (Å²) < 4.78 is 0. The second kappa shape index (κ2) is 4.62. The summed E-state index contributed by atoms with van der Waals surface area (Å²) in [4.78, 5) is 37.2. The van der Waals surface area contributed by atoms with Crippen LogP contribution in [0.4, 0.5) is 0 Å². The normalized spacial score (nSPS) is 49.3. The van der Waals surface area contributed by atoms with Gasteiger partial charge in [-0.15, -0.1) is 0 Å². The van der Waals surface area contributed by atoms with E-state index in [-0.39, 0.29) is 34.7 Å². The van der Waals surface area contributed by atoms with Gasteiger partial charge in [-0.25, -0.2) is 0 Å². The first-order valence-electron chi connectivity index (χ1n) is 8.83. The maximum Gasteiger partial charge on any atom is 0.179 e. The van der Waals surface area contributed by atoms with Crippen molar-refractivity contribution in [1.29, 1.82) is 0 Å². The minimum atomic E-state index is -1.47. The molecule has 4 aliphatic rings. The van der Waals surface area contributed by atoms with E-state index >= 15 is 0 Å². The number of rotatable bonds is 0. The van der Waals surface area contributed by atoms with E-state index < -0.39 is 11.5 Å². The van der Waals surface area contributed by atoms with Crippen molar-refractivity contribution >= 4 is 17.3 Å². The van der Waals surface area contributed by atoms with Crippen molar-refractivity contribution in [2.45, 2.75) is 58.0 Å². The van der Waals surface area contributed by atoms with Gasteiger partial charge in [-0.2, -0.15) is 0 Å². The van der Waals surface area contributed by atoms with E-state index in [1.807, 2.05) is 13.0 Å². The van der Waals surface area contributed by atoms with Gasteiger partial charge >= 0.3 is 0 Å². The van der Waals surface area contributed by atoms with Crippen LogP contribution in [-0.4, -0.2) is 28.1 Å². The molecule has 0 saturated heterocycles. The summed E-state index contributed by atoms with van der Waals surface area (Å²) in [5.74, 6) is -0.669. The number of aliphatic hydroxyl groups is 1. The average Bonchev–Trinajstić information content (AvgIpc) is 2.83. The topological polar surface area (TPSA) is 71.4 Å². The van der Waals surface area contributed by atoms with Gasteiger partial charge in [0.15, 0.2) is 5.78 Å². The molecule has 0 spiro atoms. The number of fused-ring (bicyclic) bond motifs is 5. The molecule has 4 heteroatoms. The first-order valence-corrected chi connectivity index (χ1v) is 8.83. The number of Topliss-reactive ketones (excluding diaryl/α,β-unsaturated/α-hetero) is 3. The highest BCUT2D eigenvalue weighted by Crippen LogP contribution is 2.59. The number of hydrogen-bond acceptors (Lipinski definition) is 4. The highest BCUT2D eigenvalue weighted by atomic mass is 16.3. The van der Waals surface area contributed by atoms with E-state index in [4.69, 9.17) is 0 Å². The zero-order valence-corrected chi connectivity index (χ0v) is 13.8. The SMILES string of the molecule is CC1C(=O)CC2CC[C@@H]3C(=CC[C@]4(C)C(=O)CC[C@@H]34)[C@]2(O)C1=O. The lowest BCUT2D eigenvalue weighted by Crippen LogP contribution is -2.61. The number of allylic oxidation sites excluding steroid dienone is 1. The molecule has 0 heterocycles. The second-order valence-corrected chi connectivity index (χ2v) is 8.25.